The number of halogens is 4. The molecule has 322 valence electrons. The van der Waals surface area contributed by atoms with Crippen molar-refractivity contribution in [3.05, 3.63) is 107 Å². The zero-order valence-electron chi connectivity index (χ0n) is 34.0. The topological polar surface area (TPSA) is 172 Å². The van der Waals surface area contributed by atoms with Gasteiger partial charge >= 0.3 is 12.1 Å². The monoisotopic (exact) mass is 837 g/mol. The minimum atomic E-state index is -1.59. The van der Waals surface area contributed by atoms with Crippen LogP contribution in [-0.2, 0) is 27.5 Å². The zero-order chi connectivity index (χ0) is 43.7. The lowest BCUT2D eigenvalue weighted by Crippen LogP contribution is -2.49. The van der Waals surface area contributed by atoms with E-state index in [9.17, 15) is 33.1 Å². The normalized spacial score (nSPS) is 16.2. The van der Waals surface area contributed by atoms with Crippen LogP contribution in [0.25, 0.3) is 11.3 Å². The molecule has 1 fully saturated rings. The number of aromatic nitrogens is 2. The molecule has 1 aromatic heterocycles. The Balaban J connectivity index is 1.31. The van der Waals surface area contributed by atoms with E-state index in [2.05, 4.69) is 10.6 Å². The molecule has 0 aliphatic carbocycles. The number of anilines is 1. The van der Waals surface area contributed by atoms with Crippen LogP contribution in [0.4, 0.5) is 32.8 Å². The molecule has 4 atom stereocenters. The summed E-state index contributed by atoms with van der Waals surface area (Å²) in [6.07, 6.45) is -1.04. The molecule has 60 heavy (non-hydrogen) atoms. The van der Waals surface area contributed by atoms with E-state index in [0.29, 0.717) is 36.2 Å². The number of likely N-dealkylation sites (tertiary alicyclic amines) is 1. The van der Waals surface area contributed by atoms with E-state index in [1.807, 2.05) is 20.8 Å². The summed E-state index contributed by atoms with van der Waals surface area (Å²) in [5.41, 5.74) is 5.71. The lowest BCUT2D eigenvalue weighted by Gasteiger charge is -2.41. The number of urea groups is 1. The Hall–Kier alpha value is -5.97. The molecular formula is C43H51F4N7O6. The molecule has 1 aliphatic rings. The summed E-state index contributed by atoms with van der Waals surface area (Å²) in [5.74, 6) is -3.63. The summed E-state index contributed by atoms with van der Waals surface area (Å²) >= 11 is 0. The molecule has 3 aromatic carbocycles. The number of aliphatic hydroxyl groups excluding tert-OH is 1. The van der Waals surface area contributed by atoms with E-state index in [-0.39, 0.29) is 62.2 Å². The lowest BCUT2D eigenvalue weighted by molar-refractivity contribution is -0.146. The van der Waals surface area contributed by atoms with Gasteiger partial charge in [-0.15, -0.1) is 0 Å². The fraction of sp³-hybridized carbons (Fsp3) is 0.419. The third-order valence-corrected chi connectivity index (χ3v) is 10.1. The third kappa shape index (κ3) is 12.1. The van der Waals surface area contributed by atoms with Crippen LogP contribution in [0.2, 0.25) is 0 Å². The first-order valence-corrected chi connectivity index (χ1v) is 19.6. The molecule has 5 amide bonds. The van der Waals surface area contributed by atoms with E-state index in [4.69, 9.17) is 15.5 Å². The molecule has 5 rings (SSSR count). The lowest BCUT2D eigenvalue weighted by atomic mass is 9.84. The van der Waals surface area contributed by atoms with Crippen LogP contribution in [0.3, 0.4) is 0 Å². The highest BCUT2D eigenvalue weighted by Gasteiger charge is 2.44. The van der Waals surface area contributed by atoms with Crippen molar-refractivity contribution in [2.75, 3.05) is 31.5 Å². The van der Waals surface area contributed by atoms with Gasteiger partial charge in [-0.1, -0.05) is 45.0 Å². The van der Waals surface area contributed by atoms with E-state index >= 15 is 8.78 Å². The third-order valence-electron chi connectivity index (χ3n) is 10.1. The molecular weight excluding hydrogens is 787 g/mol. The number of nitrogens with zero attached hydrogens (tertiary/aromatic N) is 4. The van der Waals surface area contributed by atoms with Crippen LogP contribution in [0, 0.1) is 28.8 Å². The van der Waals surface area contributed by atoms with Gasteiger partial charge in [0.2, 0.25) is 5.91 Å². The molecule has 0 bridgehead atoms. The molecule has 4 aromatic rings. The molecule has 2 heterocycles. The summed E-state index contributed by atoms with van der Waals surface area (Å²) in [7, 11) is 0. The van der Waals surface area contributed by atoms with Crippen molar-refractivity contribution in [2.24, 2.45) is 17.1 Å². The molecule has 5 N–H and O–H groups in total. The summed E-state index contributed by atoms with van der Waals surface area (Å²) < 4.78 is 66.9. The fourth-order valence-corrected chi connectivity index (χ4v) is 7.16. The number of carbonyl (C=O) groups is 4. The van der Waals surface area contributed by atoms with Crippen LogP contribution >= 0.6 is 0 Å². The molecule has 0 spiro atoms. The Morgan fingerprint density at radius 2 is 1.70 bits per heavy atom. The van der Waals surface area contributed by atoms with Crippen molar-refractivity contribution in [1.82, 2.24) is 24.7 Å². The number of ether oxygens (including phenoxy) is 1. The van der Waals surface area contributed by atoms with Crippen molar-refractivity contribution >= 4 is 29.6 Å². The zero-order valence-corrected chi connectivity index (χ0v) is 34.0. The Labute approximate surface area is 345 Å². The number of nitrogens with one attached hydrogen (secondary N) is 2. The van der Waals surface area contributed by atoms with Crippen LogP contribution in [-0.4, -0.2) is 86.9 Å². The maximum absolute atomic E-state index is 15.9. The van der Waals surface area contributed by atoms with Gasteiger partial charge < -0.3 is 40.6 Å². The second-order valence-corrected chi connectivity index (χ2v) is 16.0. The maximum Gasteiger partial charge on any atom is 0.410 e. The number of primary amides is 1. The van der Waals surface area contributed by atoms with Gasteiger partial charge in [-0.05, 0) is 78.8 Å². The van der Waals surface area contributed by atoms with Crippen molar-refractivity contribution in [3.8, 4) is 11.3 Å². The first-order valence-electron chi connectivity index (χ1n) is 19.6. The average Bonchev–Trinajstić information content (AvgIpc) is 3.76. The Morgan fingerprint density at radius 1 is 0.983 bits per heavy atom. The van der Waals surface area contributed by atoms with Gasteiger partial charge in [0.05, 0.1) is 18.3 Å². The summed E-state index contributed by atoms with van der Waals surface area (Å²) in [4.78, 5) is 57.4. The Bertz CT molecular complexity index is 2140. The minimum Gasteiger partial charge on any atom is -0.445 e. The Kier molecular flexibility index (Phi) is 14.9. The van der Waals surface area contributed by atoms with Crippen molar-refractivity contribution in [1.29, 1.82) is 0 Å². The van der Waals surface area contributed by atoms with Crippen molar-refractivity contribution in [2.45, 2.75) is 78.4 Å². The average molecular weight is 838 g/mol. The number of imidazole rings is 1. The fourth-order valence-electron chi connectivity index (χ4n) is 7.16. The van der Waals surface area contributed by atoms with Gasteiger partial charge in [0, 0.05) is 56.0 Å². The van der Waals surface area contributed by atoms with Gasteiger partial charge in [-0.3, -0.25) is 9.59 Å². The van der Waals surface area contributed by atoms with E-state index in [1.165, 1.54) is 41.1 Å². The van der Waals surface area contributed by atoms with Crippen LogP contribution in [0.15, 0.2) is 72.9 Å². The highest BCUT2D eigenvalue weighted by atomic mass is 19.1. The number of hydrogen-bond acceptors (Lipinski definition) is 7. The number of aliphatic hydroxyl groups is 1. The number of amides is 5. The molecule has 0 saturated carbocycles. The largest absolute Gasteiger partial charge is 0.445 e. The number of nitrogens with two attached hydrogens (primary N) is 1. The molecule has 1 aliphatic heterocycles. The van der Waals surface area contributed by atoms with Crippen LogP contribution in [0.1, 0.15) is 70.0 Å². The highest BCUT2D eigenvalue weighted by molar-refractivity contribution is 5.90. The van der Waals surface area contributed by atoms with Crippen LogP contribution < -0.4 is 16.4 Å². The molecule has 13 nitrogen and oxygen atoms in total. The number of alkyl halides is 1. The summed E-state index contributed by atoms with van der Waals surface area (Å²) in [6.45, 7) is 6.26. The van der Waals surface area contributed by atoms with E-state index < -0.39 is 65.1 Å². The first-order chi connectivity index (χ1) is 28.4. The highest BCUT2D eigenvalue weighted by Crippen LogP contribution is 2.41. The predicted octanol–water partition coefficient (Wildman–Crippen LogP) is 6.70. The number of hydrogen-bond donors (Lipinski definition) is 4. The van der Waals surface area contributed by atoms with E-state index in [1.54, 1.807) is 34.9 Å². The number of unbranched alkanes of at least 4 members (excludes halogenated alkanes) is 1. The first kappa shape index (κ1) is 45.1. The van der Waals surface area contributed by atoms with Gasteiger partial charge in [-0.2, -0.15) is 0 Å². The minimum absolute atomic E-state index is 0.0192. The predicted molar refractivity (Wildman–Crippen MR) is 215 cm³/mol. The summed E-state index contributed by atoms with van der Waals surface area (Å²) in [5, 5.41) is 15.9. The smallest absolute Gasteiger partial charge is 0.410 e. The SMILES string of the molecule is CC(O)C(=O)N(CC1CN(C(=O)OCc2ccc(NC(=O)CCCCNC(N)=O)cc2)CC1F)C(c1nc(-c2cc(F)ccc2F)cn1Cc1cccc(F)c1)C(C)(C)C. The molecule has 1 saturated heterocycles. The standard InChI is InChI=1S/C43H51F4N7O6/c1-26(55)40(57)54(38(43(2,3)4)39-51-36(33-19-31(45)13-16-34(33)46)24-52(39)20-28-8-7-9-30(44)18-28)22-29-21-53(23-35(29)47)42(59)60-25-27-11-14-32(15-12-27)50-37(56)10-5-6-17-49-41(48)58/h7-9,11-16,18-19,24,26,29,35,38,55H,5-6,10,17,20-23,25H2,1-4H3,(H,50,56)(H3,48,49,58). The van der Waals surface area contributed by atoms with Gasteiger partial charge in [-0.25, -0.2) is 32.1 Å². The van der Waals surface area contributed by atoms with Crippen LogP contribution in [0.5, 0.6) is 0 Å². The maximum atomic E-state index is 15.9. The number of carbonyl (C=O) groups excluding carboxylic acids is 4. The molecule has 0 radical (unpaired) electrons. The van der Waals surface area contributed by atoms with Gasteiger partial charge in [0.25, 0.3) is 5.91 Å². The summed E-state index contributed by atoms with van der Waals surface area (Å²) in [6, 6.07) is 13.8. The number of rotatable bonds is 16. The number of benzene rings is 3. The van der Waals surface area contributed by atoms with Crippen molar-refractivity contribution in [3.63, 3.8) is 0 Å². The van der Waals surface area contributed by atoms with Crippen molar-refractivity contribution < 1.29 is 46.6 Å². The van der Waals surface area contributed by atoms with Gasteiger partial charge in [0.15, 0.2) is 0 Å². The molecule has 4 unspecified atom stereocenters. The quantitative estimate of drug-likeness (QED) is 0.0719. The second kappa shape index (κ2) is 19.9. The van der Waals surface area contributed by atoms with Gasteiger partial charge in [0.1, 0.15) is 42.2 Å². The van der Waals surface area contributed by atoms with E-state index in [0.717, 1.165) is 18.2 Å². The molecule has 17 heteroatoms. The second-order valence-electron chi connectivity index (χ2n) is 16.0. The Morgan fingerprint density at radius 3 is 2.37 bits per heavy atom.